The number of Topliss-reactive ketones (excluding diaryl/α,β-unsaturated/α-hetero) is 1. The molecule has 4 aromatic rings. The van der Waals surface area contributed by atoms with Crippen LogP contribution in [0.5, 0.6) is 0 Å². The van der Waals surface area contributed by atoms with Crippen LogP contribution in [-0.2, 0) is 15.0 Å². The molecule has 0 saturated heterocycles. The van der Waals surface area contributed by atoms with Crippen LogP contribution in [0.25, 0.3) is 10.2 Å². The number of carbonyl (C=O) groups excluding carboxylic acids is 2. The predicted octanol–water partition coefficient (Wildman–Crippen LogP) is 6.66. The number of hydrogen-bond acceptors (Lipinski definition) is 7. The zero-order valence-electron chi connectivity index (χ0n) is 21.8. The van der Waals surface area contributed by atoms with Crippen LogP contribution in [0.1, 0.15) is 49.1 Å². The van der Waals surface area contributed by atoms with Crippen molar-refractivity contribution in [2.75, 3.05) is 10.2 Å². The van der Waals surface area contributed by atoms with Crippen LogP contribution in [0.15, 0.2) is 67.4 Å². The molecule has 0 bridgehead atoms. The number of amides is 1. The Bertz CT molecular complexity index is 1880. The molecular formula is C30H24BrN3O4S. The molecule has 39 heavy (non-hydrogen) atoms. The van der Waals surface area contributed by atoms with E-state index in [1.54, 1.807) is 19.1 Å². The molecular weight excluding hydrogens is 578 g/mol. The van der Waals surface area contributed by atoms with Gasteiger partial charge in [0.05, 0.1) is 21.5 Å². The topological polar surface area (TPSA) is 92.5 Å². The van der Waals surface area contributed by atoms with Gasteiger partial charge in [0.25, 0.3) is 0 Å². The fraction of sp³-hybridized carbons (Fsp3) is 0.267. The summed E-state index contributed by atoms with van der Waals surface area (Å²) in [7, 11) is 0. The van der Waals surface area contributed by atoms with Crippen molar-refractivity contribution in [2.45, 2.75) is 46.0 Å². The molecule has 1 N–H and O–H groups in total. The first-order valence-electron chi connectivity index (χ1n) is 12.7. The third kappa shape index (κ3) is 3.26. The molecule has 2 aliphatic heterocycles. The Morgan fingerprint density at radius 2 is 1.85 bits per heavy atom. The molecule has 2 aromatic carbocycles. The van der Waals surface area contributed by atoms with E-state index in [4.69, 9.17) is 9.40 Å². The summed E-state index contributed by atoms with van der Waals surface area (Å²) in [6.07, 6.45) is 0.790. The molecule has 7 rings (SSSR count). The average Bonchev–Trinajstić information content (AvgIpc) is 3.37. The van der Waals surface area contributed by atoms with E-state index in [9.17, 15) is 14.4 Å². The third-order valence-corrected chi connectivity index (χ3v) is 9.36. The lowest BCUT2D eigenvalue weighted by Gasteiger charge is -2.46. The van der Waals surface area contributed by atoms with Gasteiger partial charge in [-0.15, -0.1) is 0 Å². The number of nitrogens with one attached hydrogen (secondary N) is 1. The Kier molecular flexibility index (Phi) is 5.01. The Balaban J connectivity index is 1.65. The number of nitrogens with zero attached hydrogens (tertiary/aromatic N) is 2. The van der Waals surface area contributed by atoms with Crippen molar-refractivity contribution in [3.63, 3.8) is 0 Å². The molecule has 0 saturated carbocycles. The lowest BCUT2D eigenvalue weighted by molar-refractivity contribution is -0.123. The first-order valence-corrected chi connectivity index (χ1v) is 14.3. The number of anilines is 3. The monoisotopic (exact) mass is 601 g/mol. The summed E-state index contributed by atoms with van der Waals surface area (Å²) in [6, 6.07) is 13.1. The number of hydrogen-bond donors (Lipinski definition) is 1. The highest BCUT2D eigenvalue weighted by molar-refractivity contribution is 9.10. The second-order valence-electron chi connectivity index (χ2n) is 11.3. The lowest BCUT2D eigenvalue weighted by atomic mass is 9.60. The molecule has 4 heterocycles. The standard InChI is InChI=1S/C30H24BrN3O4S/c1-14-9-16(31)11-22-25(14)33-28(39-22)34-19-10-15(2)38-26(36)24(19)30(17-7-5-6-8-18(17)32-27(30)37)23-20(34)12-29(3,4)13-21(23)35/h5-11H,12-13H2,1-4H3,(H,32,37). The number of aryl methyl sites for hydroxylation is 2. The highest BCUT2D eigenvalue weighted by Crippen LogP contribution is 2.59. The smallest absolute Gasteiger partial charge is 0.343 e. The maximum absolute atomic E-state index is 14.2. The fourth-order valence-electron chi connectivity index (χ4n) is 6.50. The minimum absolute atomic E-state index is 0.149. The Labute approximate surface area is 236 Å². The molecule has 1 amide bonds. The van der Waals surface area contributed by atoms with Gasteiger partial charge in [0.2, 0.25) is 5.91 Å². The van der Waals surface area contributed by atoms with Crippen LogP contribution in [0, 0.1) is 19.3 Å². The van der Waals surface area contributed by atoms with Gasteiger partial charge in [-0.2, -0.15) is 0 Å². The van der Waals surface area contributed by atoms with Gasteiger partial charge in [0.1, 0.15) is 11.2 Å². The van der Waals surface area contributed by atoms with Crippen LogP contribution in [-0.4, -0.2) is 16.7 Å². The number of thiazole rings is 1. The van der Waals surface area contributed by atoms with E-state index in [0.29, 0.717) is 45.5 Å². The molecule has 196 valence electrons. The summed E-state index contributed by atoms with van der Waals surface area (Å²) in [5.74, 6) is -0.148. The van der Waals surface area contributed by atoms with E-state index in [-0.39, 0.29) is 23.2 Å². The first kappa shape index (κ1) is 24.5. The number of benzene rings is 2. The molecule has 1 atom stereocenters. The SMILES string of the molecule is Cc1cc2c(c(=O)o1)C1(C(=O)Nc3ccccc31)C1=C(CC(C)(C)CC1=O)N2c1nc2c(C)cc(Br)cc2s1. The van der Waals surface area contributed by atoms with Crippen molar-refractivity contribution in [3.8, 4) is 0 Å². The van der Waals surface area contributed by atoms with Crippen molar-refractivity contribution in [2.24, 2.45) is 5.41 Å². The van der Waals surface area contributed by atoms with Gasteiger partial charge in [-0.25, -0.2) is 9.78 Å². The summed E-state index contributed by atoms with van der Waals surface area (Å²) in [5.41, 5.74) is 2.18. The van der Waals surface area contributed by atoms with E-state index in [2.05, 4.69) is 35.1 Å². The van der Waals surface area contributed by atoms with E-state index in [1.807, 2.05) is 42.2 Å². The van der Waals surface area contributed by atoms with Crippen LogP contribution in [0.3, 0.4) is 0 Å². The Morgan fingerprint density at radius 3 is 2.64 bits per heavy atom. The predicted molar refractivity (Wildman–Crippen MR) is 155 cm³/mol. The quantitative estimate of drug-likeness (QED) is 0.262. The minimum atomic E-state index is -1.60. The molecule has 0 radical (unpaired) electrons. The molecule has 1 unspecified atom stereocenters. The summed E-state index contributed by atoms with van der Waals surface area (Å²) in [4.78, 5) is 49.1. The van der Waals surface area contributed by atoms with Gasteiger partial charge in [-0.3, -0.25) is 14.5 Å². The normalized spacial score (nSPS) is 21.3. The number of carbonyl (C=O) groups is 2. The summed E-state index contributed by atoms with van der Waals surface area (Å²) in [5, 5.41) is 3.60. The van der Waals surface area contributed by atoms with Gasteiger partial charge in [0, 0.05) is 39.5 Å². The average molecular weight is 603 g/mol. The van der Waals surface area contributed by atoms with Gasteiger partial charge in [0.15, 0.2) is 10.9 Å². The van der Waals surface area contributed by atoms with Crippen molar-refractivity contribution < 1.29 is 14.0 Å². The molecule has 1 aliphatic carbocycles. The van der Waals surface area contributed by atoms with Gasteiger partial charge in [-0.05, 0) is 49.4 Å². The summed E-state index contributed by atoms with van der Waals surface area (Å²) >= 11 is 5.08. The number of allylic oxidation sites excluding steroid dienone is 1. The van der Waals surface area contributed by atoms with Crippen LogP contribution >= 0.6 is 27.3 Å². The molecule has 1 spiro atoms. The van der Waals surface area contributed by atoms with E-state index in [1.165, 1.54) is 11.3 Å². The van der Waals surface area contributed by atoms with Gasteiger partial charge in [-0.1, -0.05) is 59.3 Å². The Hall–Kier alpha value is -3.56. The molecule has 7 nitrogen and oxygen atoms in total. The summed E-state index contributed by atoms with van der Waals surface area (Å²) < 4.78 is 7.57. The van der Waals surface area contributed by atoms with Crippen LogP contribution in [0.4, 0.5) is 16.5 Å². The van der Waals surface area contributed by atoms with E-state index in [0.717, 1.165) is 20.3 Å². The van der Waals surface area contributed by atoms with Crippen LogP contribution in [0.2, 0.25) is 0 Å². The molecule has 3 aliphatic rings. The Morgan fingerprint density at radius 1 is 1.08 bits per heavy atom. The van der Waals surface area contributed by atoms with E-state index >= 15 is 0 Å². The van der Waals surface area contributed by atoms with Crippen molar-refractivity contribution >= 4 is 65.7 Å². The zero-order chi connectivity index (χ0) is 27.4. The van der Waals surface area contributed by atoms with Gasteiger partial charge >= 0.3 is 5.63 Å². The highest BCUT2D eigenvalue weighted by atomic mass is 79.9. The fourth-order valence-corrected chi connectivity index (χ4v) is 8.35. The second kappa shape index (κ2) is 7.99. The maximum Gasteiger partial charge on any atom is 0.343 e. The van der Waals surface area contributed by atoms with Crippen LogP contribution < -0.4 is 15.8 Å². The zero-order valence-corrected chi connectivity index (χ0v) is 24.2. The first-order chi connectivity index (χ1) is 18.5. The number of fused-ring (bicyclic) bond motifs is 6. The van der Waals surface area contributed by atoms with Gasteiger partial charge < -0.3 is 9.73 Å². The maximum atomic E-state index is 14.2. The minimum Gasteiger partial charge on any atom is -0.428 e. The largest absolute Gasteiger partial charge is 0.428 e. The number of aromatic nitrogens is 1. The molecule has 2 aromatic heterocycles. The second-order valence-corrected chi connectivity index (χ2v) is 13.2. The number of para-hydroxylation sites is 1. The highest BCUT2D eigenvalue weighted by Gasteiger charge is 2.61. The number of halogens is 1. The van der Waals surface area contributed by atoms with Crippen molar-refractivity contribution in [1.29, 1.82) is 0 Å². The number of rotatable bonds is 1. The molecule has 0 fully saturated rings. The van der Waals surface area contributed by atoms with Crippen molar-refractivity contribution in [1.82, 2.24) is 4.98 Å². The number of ketones is 1. The third-order valence-electron chi connectivity index (χ3n) is 7.92. The summed E-state index contributed by atoms with van der Waals surface area (Å²) in [6.45, 7) is 7.84. The lowest BCUT2D eigenvalue weighted by Crippen LogP contribution is -2.51. The van der Waals surface area contributed by atoms with E-state index < -0.39 is 16.9 Å². The van der Waals surface area contributed by atoms with Crippen molar-refractivity contribution in [3.05, 3.63) is 91.1 Å². The molecule has 9 heteroatoms.